The molecule has 0 fully saturated rings. The van der Waals surface area contributed by atoms with Crippen LogP contribution >= 0.6 is 0 Å². The minimum atomic E-state index is -1.18. The molecule has 2 aromatic rings. The van der Waals surface area contributed by atoms with E-state index >= 15 is 0 Å². The zero-order valence-corrected chi connectivity index (χ0v) is 20.0. The van der Waals surface area contributed by atoms with Gasteiger partial charge in [0.05, 0.1) is 0 Å². The van der Waals surface area contributed by atoms with Crippen LogP contribution in [0.3, 0.4) is 0 Å². The molecule has 0 saturated carbocycles. The maximum Gasteiger partial charge on any atom is 0.408 e. The molecule has 3 N–H and O–H groups in total. The number of aryl methyl sites for hydroxylation is 1. The smallest absolute Gasteiger partial charge is 0.408 e. The fraction of sp³-hybridized carbons (Fsp3) is 0.440. The van der Waals surface area contributed by atoms with Crippen molar-refractivity contribution in [2.75, 3.05) is 6.54 Å². The van der Waals surface area contributed by atoms with Gasteiger partial charge >= 0.3 is 6.09 Å². The molecule has 10 nitrogen and oxygen atoms in total. The first-order chi connectivity index (χ1) is 16.8. The third-order valence-electron chi connectivity index (χ3n) is 5.59. The van der Waals surface area contributed by atoms with Gasteiger partial charge in [0.15, 0.2) is 0 Å². The van der Waals surface area contributed by atoms with E-state index in [1.54, 1.807) is 20.0 Å². The van der Waals surface area contributed by atoms with Gasteiger partial charge in [-0.3, -0.25) is 14.4 Å². The number of carbonyl (C=O) groups excluding carboxylic acids is 4. The molecule has 2 atom stereocenters. The highest BCUT2D eigenvalue weighted by molar-refractivity contribution is 6.38. The van der Waals surface area contributed by atoms with E-state index in [1.807, 2.05) is 36.4 Å². The Bertz CT molecular complexity index is 1040. The SMILES string of the molecule is CC(C)C(NC(=O)OCc1ccccc1)C(=O)NC1Cc2nccc(n2)CCCCNC(=O)C1=O. The van der Waals surface area contributed by atoms with Crippen molar-refractivity contribution in [3.8, 4) is 0 Å². The van der Waals surface area contributed by atoms with E-state index in [-0.39, 0.29) is 18.9 Å². The summed E-state index contributed by atoms with van der Waals surface area (Å²) in [7, 11) is 0. The molecule has 1 aromatic heterocycles. The lowest BCUT2D eigenvalue weighted by molar-refractivity contribution is -0.140. The first-order valence-electron chi connectivity index (χ1n) is 11.7. The van der Waals surface area contributed by atoms with E-state index in [2.05, 4.69) is 25.9 Å². The molecule has 2 bridgehead atoms. The predicted molar refractivity (Wildman–Crippen MR) is 127 cm³/mol. The van der Waals surface area contributed by atoms with Crippen molar-refractivity contribution < 1.29 is 23.9 Å². The van der Waals surface area contributed by atoms with Crippen LogP contribution in [0, 0.1) is 5.92 Å². The largest absolute Gasteiger partial charge is 0.445 e. The van der Waals surface area contributed by atoms with Crippen LogP contribution in [0.15, 0.2) is 42.6 Å². The summed E-state index contributed by atoms with van der Waals surface area (Å²) >= 11 is 0. The van der Waals surface area contributed by atoms with E-state index in [4.69, 9.17) is 4.74 Å². The van der Waals surface area contributed by atoms with Gasteiger partial charge in [0, 0.05) is 24.9 Å². The molecule has 0 radical (unpaired) electrons. The summed E-state index contributed by atoms with van der Waals surface area (Å²) < 4.78 is 5.23. The average Bonchev–Trinajstić information content (AvgIpc) is 2.85. The van der Waals surface area contributed by atoms with Gasteiger partial charge in [-0.2, -0.15) is 0 Å². The summed E-state index contributed by atoms with van der Waals surface area (Å²) in [5, 5.41) is 7.79. The number of ketones is 1. The maximum atomic E-state index is 13.1. The van der Waals surface area contributed by atoms with Gasteiger partial charge in [-0.1, -0.05) is 44.2 Å². The lowest BCUT2D eigenvalue weighted by Crippen LogP contribution is -2.56. The van der Waals surface area contributed by atoms with Gasteiger partial charge in [0.25, 0.3) is 5.91 Å². The van der Waals surface area contributed by atoms with E-state index < -0.39 is 35.8 Å². The molecule has 1 aliphatic rings. The number of alkyl carbamates (subject to hydrolysis) is 1. The molecule has 1 aliphatic heterocycles. The number of benzene rings is 1. The number of fused-ring (bicyclic) bond motifs is 2. The quantitative estimate of drug-likeness (QED) is 0.531. The van der Waals surface area contributed by atoms with Gasteiger partial charge in [-0.15, -0.1) is 0 Å². The van der Waals surface area contributed by atoms with Crippen molar-refractivity contribution in [2.45, 2.75) is 58.2 Å². The summed E-state index contributed by atoms with van der Waals surface area (Å²) in [6.45, 7) is 3.91. The molecular weight excluding hydrogens is 450 g/mol. The van der Waals surface area contributed by atoms with E-state index in [1.165, 1.54) is 0 Å². The lowest BCUT2D eigenvalue weighted by atomic mass is 10.0. The standard InChI is InChI=1S/C25H31N5O5/c1-16(2)21(30-25(34)35-15-17-8-4-3-5-9-17)23(32)29-19-14-20-26-13-11-18(28-20)10-6-7-12-27-24(33)22(19)31/h3-5,8-9,11,13,16,19,21H,6-7,10,12,14-15H2,1-2H3,(H,27,33)(H,29,32)(H,30,34). The van der Waals surface area contributed by atoms with Crippen LogP contribution in [-0.2, 0) is 38.6 Å². The van der Waals surface area contributed by atoms with E-state index in [0.717, 1.165) is 24.1 Å². The molecule has 0 aliphatic carbocycles. The van der Waals surface area contributed by atoms with Crippen LogP contribution in [-0.4, -0.2) is 52.3 Å². The zero-order valence-electron chi connectivity index (χ0n) is 20.0. The minimum Gasteiger partial charge on any atom is -0.445 e. The van der Waals surface area contributed by atoms with Crippen LogP contribution < -0.4 is 16.0 Å². The summed E-state index contributed by atoms with van der Waals surface area (Å²) in [5.41, 5.74) is 1.64. The number of amides is 3. The van der Waals surface area contributed by atoms with Gasteiger partial charge in [0.1, 0.15) is 24.5 Å². The van der Waals surface area contributed by atoms with Gasteiger partial charge in [-0.05, 0) is 36.8 Å². The Kier molecular flexibility index (Phi) is 9.28. The van der Waals surface area contributed by atoms with Crippen LogP contribution in [0.1, 0.15) is 43.8 Å². The number of carbonyl (C=O) groups is 4. The maximum absolute atomic E-state index is 13.1. The number of nitrogens with zero attached hydrogens (tertiary/aromatic N) is 2. The molecule has 10 heteroatoms. The number of aromatic nitrogens is 2. The summed E-state index contributed by atoms with van der Waals surface area (Å²) in [6.07, 6.45) is 3.03. The zero-order chi connectivity index (χ0) is 25.2. The predicted octanol–water partition coefficient (Wildman–Crippen LogP) is 1.48. The summed E-state index contributed by atoms with van der Waals surface area (Å²) in [6, 6.07) is 8.79. The molecule has 3 rings (SSSR count). The molecule has 186 valence electrons. The summed E-state index contributed by atoms with van der Waals surface area (Å²) in [4.78, 5) is 59.4. The number of hydrogen-bond donors (Lipinski definition) is 3. The third-order valence-corrected chi connectivity index (χ3v) is 5.59. The highest BCUT2D eigenvalue weighted by atomic mass is 16.5. The Balaban J connectivity index is 1.70. The Morgan fingerprint density at radius 1 is 1.14 bits per heavy atom. The Hall–Kier alpha value is -3.82. The highest BCUT2D eigenvalue weighted by Gasteiger charge is 2.32. The van der Waals surface area contributed by atoms with Gasteiger partial charge in [-0.25, -0.2) is 14.8 Å². The first-order valence-corrected chi connectivity index (χ1v) is 11.7. The molecular formula is C25H31N5O5. The van der Waals surface area contributed by atoms with Crippen molar-refractivity contribution in [3.63, 3.8) is 0 Å². The Labute approximate surface area is 204 Å². The van der Waals surface area contributed by atoms with Crippen LogP contribution in [0.2, 0.25) is 0 Å². The number of Topliss-reactive ketones (excluding diaryl/α,β-unsaturated/α-hetero) is 1. The number of nitrogens with one attached hydrogen (secondary N) is 3. The molecule has 3 amide bonds. The normalized spacial score (nSPS) is 17.4. The van der Waals surface area contributed by atoms with E-state index in [0.29, 0.717) is 18.8 Å². The number of rotatable bonds is 6. The summed E-state index contributed by atoms with van der Waals surface area (Å²) in [5.74, 6) is -2.13. The van der Waals surface area contributed by atoms with Crippen LogP contribution in [0.25, 0.3) is 0 Å². The number of ether oxygens (including phenoxy) is 1. The van der Waals surface area contributed by atoms with Crippen molar-refractivity contribution in [1.29, 1.82) is 0 Å². The number of hydrogen-bond acceptors (Lipinski definition) is 7. The molecule has 2 heterocycles. The second-order valence-corrected chi connectivity index (χ2v) is 8.73. The fourth-order valence-electron chi connectivity index (χ4n) is 3.64. The van der Waals surface area contributed by atoms with Crippen molar-refractivity contribution in [2.24, 2.45) is 5.92 Å². The second kappa shape index (κ2) is 12.6. The van der Waals surface area contributed by atoms with Crippen molar-refractivity contribution >= 4 is 23.7 Å². The van der Waals surface area contributed by atoms with Gasteiger partial charge in [0.2, 0.25) is 11.7 Å². The van der Waals surface area contributed by atoms with Crippen molar-refractivity contribution in [1.82, 2.24) is 25.9 Å². The van der Waals surface area contributed by atoms with Crippen LogP contribution in [0.4, 0.5) is 4.79 Å². The second-order valence-electron chi connectivity index (χ2n) is 8.73. The molecule has 2 unspecified atom stereocenters. The topological polar surface area (TPSA) is 139 Å². The lowest BCUT2D eigenvalue weighted by Gasteiger charge is -2.24. The third kappa shape index (κ3) is 7.87. The first kappa shape index (κ1) is 25.8. The van der Waals surface area contributed by atoms with E-state index in [9.17, 15) is 19.2 Å². The molecule has 0 saturated heterocycles. The monoisotopic (exact) mass is 481 g/mol. The average molecular weight is 482 g/mol. The van der Waals surface area contributed by atoms with Crippen LogP contribution in [0.5, 0.6) is 0 Å². The molecule has 0 spiro atoms. The Morgan fingerprint density at radius 2 is 1.91 bits per heavy atom. The Morgan fingerprint density at radius 3 is 2.66 bits per heavy atom. The minimum absolute atomic E-state index is 0.0465. The molecule has 1 aromatic carbocycles. The molecule has 35 heavy (non-hydrogen) atoms. The highest BCUT2D eigenvalue weighted by Crippen LogP contribution is 2.09. The van der Waals surface area contributed by atoms with Gasteiger partial charge < -0.3 is 20.7 Å². The van der Waals surface area contributed by atoms with Crippen molar-refractivity contribution in [3.05, 3.63) is 59.7 Å². The fourth-order valence-corrected chi connectivity index (χ4v) is 3.64.